The van der Waals surface area contributed by atoms with Gasteiger partial charge in [0.15, 0.2) is 0 Å². The third-order valence-electron chi connectivity index (χ3n) is 6.13. The lowest BCUT2D eigenvalue weighted by Crippen LogP contribution is -2.45. The summed E-state index contributed by atoms with van der Waals surface area (Å²) in [6.07, 6.45) is 8.76. The summed E-state index contributed by atoms with van der Waals surface area (Å²) in [6.45, 7) is 6.08. The molecule has 0 radical (unpaired) electrons. The second kappa shape index (κ2) is 17.6. The number of rotatable bonds is 8. The number of hydrogen-bond donors (Lipinski definition) is 1. The van der Waals surface area contributed by atoms with Crippen molar-refractivity contribution in [1.29, 1.82) is 0 Å². The highest BCUT2D eigenvalue weighted by atomic mass is 16.5. The third kappa shape index (κ3) is 11.3. The smallest absolute Gasteiger partial charge is 0.303 e. The van der Waals surface area contributed by atoms with Gasteiger partial charge in [0.05, 0.1) is 25.9 Å². The van der Waals surface area contributed by atoms with Gasteiger partial charge in [0.25, 0.3) is 0 Å². The first-order chi connectivity index (χ1) is 17.5. The van der Waals surface area contributed by atoms with Gasteiger partial charge in [-0.2, -0.15) is 0 Å². The molecule has 4 rings (SSSR count). The number of ketones is 1. The largest absolute Gasteiger partial charge is 0.481 e. The Hall–Kier alpha value is -2.80. The Morgan fingerprint density at radius 3 is 2.31 bits per heavy atom. The molecule has 2 aliphatic rings. The number of carboxylic acid groups (broad SMARTS) is 1. The van der Waals surface area contributed by atoms with E-state index in [1.807, 2.05) is 25.1 Å². The molecule has 0 bridgehead atoms. The van der Waals surface area contributed by atoms with Crippen molar-refractivity contribution in [3.05, 3.63) is 72.3 Å². The van der Waals surface area contributed by atoms with E-state index < -0.39 is 5.97 Å². The molecule has 1 atom stereocenters. The van der Waals surface area contributed by atoms with Crippen molar-refractivity contribution in [3.8, 4) is 11.1 Å². The highest BCUT2D eigenvalue weighted by Crippen LogP contribution is 2.21. The van der Waals surface area contributed by atoms with Gasteiger partial charge in [-0.25, -0.2) is 0 Å². The summed E-state index contributed by atoms with van der Waals surface area (Å²) in [4.78, 5) is 23.6. The topological polar surface area (TPSA) is 76.1 Å². The van der Waals surface area contributed by atoms with Gasteiger partial charge in [-0.05, 0) is 49.3 Å². The van der Waals surface area contributed by atoms with Gasteiger partial charge < -0.3 is 14.6 Å². The summed E-state index contributed by atoms with van der Waals surface area (Å²) in [5.41, 5.74) is 3.70. The van der Waals surface area contributed by atoms with Crippen molar-refractivity contribution < 1.29 is 24.2 Å². The van der Waals surface area contributed by atoms with Crippen LogP contribution in [0.5, 0.6) is 0 Å². The van der Waals surface area contributed by atoms with Crippen LogP contribution in [0, 0.1) is 0 Å². The maximum atomic E-state index is 11.4. The van der Waals surface area contributed by atoms with E-state index in [9.17, 15) is 9.59 Å². The fourth-order valence-electron chi connectivity index (χ4n) is 4.20. The van der Waals surface area contributed by atoms with Crippen LogP contribution >= 0.6 is 0 Å². The highest BCUT2D eigenvalue weighted by Gasteiger charge is 2.30. The number of benzene rings is 2. The molecule has 2 aromatic carbocycles. The van der Waals surface area contributed by atoms with E-state index in [0.29, 0.717) is 12.4 Å². The van der Waals surface area contributed by atoms with Gasteiger partial charge >= 0.3 is 5.97 Å². The molecule has 0 amide bonds. The van der Waals surface area contributed by atoms with Crippen LogP contribution in [0.4, 0.5) is 0 Å². The summed E-state index contributed by atoms with van der Waals surface area (Å²) < 4.78 is 10.3. The lowest BCUT2D eigenvalue weighted by molar-refractivity contribution is -0.137. The van der Waals surface area contributed by atoms with Crippen molar-refractivity contribution in [2.45, 2.75) is 58.1 Å². The molecule has 1 aliphatic heterocycles. The van der Waals surface area contributed by atoms with E-state index in [4.69, 9.17) is 14.6 Å². The Bertz CT molecular complexity index is 905. The Morgan fingerprint density at radius 2 is 1.75 bits per heavy atom. The number of allylic oxidation sites excluding steroid dienone is 2. The zero-order chi connectivity index (χ0) is 26.0. The molecule has 1 heterocycles. The van der Waals surface area contributed by atoms with Crippen LogP contribution in [-0.4, -0.2) is 61.2 Å². The van der Waals surface area contributed by atoms with Crippen molar-refractivity contribution in [1.82, 2.24) is 4.90 Å². The Labute approximate surface area is 215 Å². The lowest BCUT2D eigenvalue weighted by Gasteiger charge is -2.30. The molecule has 1 aliphatic carbocycles. The second-order valence-electron chi connectivity index (χ2n) is 8.87. The highest BCUT2D eigenvalue weighted by molar-refractivity contribution is 5.85. The number of nitrogens with zero attached hydrogens (tertiary/aromatic N) is 1. The number of carboxylic acids is 1. The predicted octanol–water partition coefficient (Wildman–Crippen LogP) is 5.76. The maximum Gasteiger partial charge on any atom is 0.303 e. The second-order valence-corrected chi connectivity index (χ2v) is 8.87. The summed E-state index contributed by atoms with van der Waals surface area (Å²) in [5.74, 6) is -0.267. The normalized spacial score (nSPS) is 17.7. The van der Waals surface area contributed by atoms with E-state index in [2.05, 4.69) is 53.4 Å². The molecular weight excluding hydrogens is 454 g/mol. The average molecular weight is 496 g/mol. The minimum absolute atomic E-state index is 0.230. The SMILES string of the molecule is C/C=C\CCCC(=O)O.COCc1ccc(-c2ccccc2)cc1.O=C1CCCC1N1CCOCC1. The van der Waals surface area contributed by atoms with Crippen LogP contribution in [0.1, 0.15) is 51.0 Å². The van der Waals surface area contributed by atoms with Gasteiger partial charge in [-0.1, -0.05) is 66.7 Å². The summed E-state index contributed by atoms with van der Waals surface area (Å²) in [6, 6.07) is 19.1. The fourth-order valence-corrected chi connectivity index (χ4v) is 4.20. The number of carbonyl (C=O) groups is 2. The number of Topliss-reactive ketones (excluding diaryl/α,β-unsaturated/α-hetero) is 1. The van der Waals surface area contributed by atoms with Gasteiger partial charge in [-0.15, -0.1) is 0 Å². The fraction of sp³-hybridized carbons (Fsp3) is 0.467. The van der Waals surface area contributed by atoms with E-state index in [1.165, 1.54) is 16.7 Å². The standard InChI is InChI=1S/C14H14O.C9H15NO2.C7H12O2/c1-15-11-12-7-9-14(10-8-12)13-5-3-2-4-6-13;11-9-3-1-2-8(9)10-4-6-12-7-5-10;1-2-3-4-5-6-7(8)9/h2-10H,11H2,1H3;8H,1-7H2;2-3H,4-6H2,1H3,(H,8,9)/b;;3-2-. The van der Waals surface area contributed by atoms with Crippen LogP contribution in [-0.2, 0) is 25.7 Å². The number of unbranched alkanes of at least 4 members (excludes halogenated alkanes) is 1. The van der Waals surface area contributed by atoms with E-state index >= 15 is 0 Å². The van der Waals surface area contributed by atoms with Crippen LogP contribution in [0.3, 0.4) is 0 Å². The zero-order valence-electron chi connectivity index (χ0n) is 21.7. The molecule has 0 spiro atoms. The van der Waals surface area contributed by atoms with Crippen molar-refractivity contribution in [3.63, 3.8) is 0 Å². The van der Waals surface area contributed by atoms with Crippen molar-refractivity contribution in [2.75, 3.05) is 33.4 Å². The molecular formula is C30H41NO5. The first-order valence-corrected chi connectivity index (χ1v) is 12.9. The Balaban J connectivity index is 0.000000197. The Morgan fingerprint density at radius 1 is 1.08 bits per heavy atom. The molecule has 2 fully saturated rings. The summed E-state index contributed by atoms with van der Waals surface area (Å²) >= 11 is 0. The van der Waals surface area contributed by atoms with Gasteiger partial charge in [0.1, 0.15) is 5.78 Å². The van der Waals surface area contributed by atoms with Crippen molar-refractivity contribution in [2.24, 2.45) is 0 Å². The monoisotopic (exact) mass is 495 g/mol. The quantitative estimate of drug-likeness (QED) is 0.371. The van der Waals surface area contributed by atoms with E-state index in [-0.39, 0.29) is 12.5 Å². The van der Waals surface area contributed by atoms with Gasteiger partial charge in [0.2, 0.25) is 0 Å². The van der Waals surface area contributed by atoms with E-state index in [1.54, 1.807) is 7.11 Å². The molecule has 1 saturated heterocycles. The van der Waals surface area contributed by atoms with Crippen LogP contribution in [0.2, 0.25) is 0 Å². The number of carbonyl (C=O) groups excluding carboxylic acids is 1. The average Bonchev–Trinajstić information content (AvgIpc) is 3.35. The number of morpholine rings is 1. The molecule has 36 heavy (non-hydrogen) atoms. The number of hydrogen-bond acceptors (Lipinski definition) is 5. The molecule has 0 aromatic heterocycles. The third-order valence-corrected chi connectivity index (χ3v) is 6.13. The molecule has 1 N–H and O–H groups in total. The molecule has 2 aromatic rings. The summed E-state index contributed by atoms with van der Waals surface area (Å²) in [5, 5.41) is 8.19. The summed E-state index contributed by atoms with van der Waals surface area (Å²) in [7, 11) is 1.71. The minimum Gasteiger partial charge on any atom is -0.481 e. The minimum atomic E-state index is -0.709. The number of methoxy groups -OCH3 is 1. The van der Waals surface area contributed by atoms with Crippen LogP contribution in [0.25, 0.3) is 11.1 Å². The van der Waals surface area contributed by atoms with Gasteiger partial charge in [-0.3, -0.25) is 14.5 Å². The molecule has 1 unspecified atom stereocenters. The van der Waals surface area contributed by atoms with Gasteiger partial charge in [0, 0.05) is 33.0 Å². The first-order valence-electron chi connectivity index (χ1n) is 12.9. The molecule has 6 nitrogen and oxygen atoms in total. The van der Waals surface area contributed by atoms with Crippen molar-refractivity contribution >= 4 is 11.8 Å². The predicted molar refractivity (Wildman–Crippen MR) is 144 cm³/mol. The molecule has 1 saturated carbocycles. The molecule has 6 heteroatoms. The maximum absolute atomic E-state index is 11.4. The number of aliphatic carboxylic acids is 1. The Kier molecular flexibility index (Phi) is 14.4. The lowest BCUT2D eigenvalue weighted by atomic mass is 10.0. The number of ether oxygens (including phenoxy) is 2. The first kappa shape index (κ1) is 29.4. The molecule has 196 valence electrons. The zero-order valence-corrected chi connectivity index (χ0v) is 21.7. The van der Waals surface area contributed by atoms with Crippen LogP contribution < -0.4 is 0 Å². The van der Waals surface area contributed by atoms with Crippen LogP contribution in [0.15, 0.2) is 66.7 Å². The van der Waals surface area contributed by atoms with E-state index in [0.717, 1.165) is 58.4 Å².